The number of carboxylic acid groups (broad SMARTS) is 1. The number of piperidine rings is 1. The fraction of sp³-hybridized carbons (Fsp3) is 0.259. The van der Waals surface area contributed by atoms with Gasteiger partial charge in [0.1, 0.15) is 5.75 Å². The molecule has 1 aliphatic heterocycles. The number of nitrogen functional groups attached to an aromatic ring is 1. The second-order valence-electron chi connectivity index (χ2n) is 9.04. The zero-order valence-corrected chi connectivity index (χ0v) is 20.2. The number of amides is 1. The quantitative estimate of drug-likeness (QED) is 0.328. The van der Waals surface area contributed by atoms with Crippen LogP contribution in [0.1, 0.15) is 24.0 Å². The molecule has 3 heterocycles. The van der Waals surface area contributed by atoms with Crippen molar-refractivity contribution in [3.63, 3.8) is 0 Å². The predicted octanol–water partition coefficient (Wildman–Crippen LogP) is 5.24. The van der Waals surface area contributed by atoms with Crippen molar-refractivity contribution in [3.8, 4) is 22.9 Å². The van der Waals surface area contributed by atoms with E-state index < -0.39 is 6.09 Å². The van der Waals surface area contributed by atoms with Gasteiger partial charge >= 0.3 is 6.09 Å². The molecular formula is C27H28N6O3. The van der Waals surface area contributed by atoms with E-state index in [0.717, 1.165) is 46.0 Å². The van der Waals surface area contributed by atoms with Crippen LogP contribution in [0.25, 0.3) is 22.0 Å². The lowest BCUT2D eigenvalue weighted by Gasteiger charge is -2.31. The molecule has 1 saturated heterocycles. The summed E-state index contributed by atoms with van der Waals surface area (Å²) in [6.45, 7) is 4.92. The van der Waals surface area contributed by atoms with Crippen LogP contribution in [-0.4, -0.2) is 50.2 Å². The molecule has 2 aromatic carbocycles. The summed E-state index contributed by atoms with van der Waals surface area (Å²) in [5.74, 6) is 1.55. The Labute approximate surface area is 209 Å². The molecule has 9 nitrogen and oxygen atoms in total. The lowest BCUT2D eigenvalue weighted by molar-refractivity contribution is 0.132. The molecule has 4 aromatic rings. The number of pyridine rings is 1. The standard InChI is InChI=1S/C27H28N6O3/c1-16-7-10-20-19(23(16)28)9-8-17(2)24(20)36-25-21(6-3-12-29-25)22-11-13-30-26(32-22)31-18-5-4-14-33(15-18)27(34)35/h3,6-13,18H,4-5,14-15,28H2,1-2H3,(H,34,35)(H,30,31,32)/t18-/m0/s1. The van der Waals surface area contributed by atoms with Crippen molar-refractivity contribution in [2.45, 2.75) is 32.7 Å². The van der Waals surface area contributed by atoms with E-state index in [1.165, 1.54) is 4.90 Å². The number of hydrogen-bond acceptors (Lipinski definition) is 7. The molecule has 36 heavy (non-hydrogen) atoms. The number of likely N-dealkylation sites (tertiary alicyclic amines) is 1. The largest absolute Gasteiger partial charge is 0.465 e. The van der Waals surface area contributed by atoms with E-state index in [-0.39, 0.29) is 6.04 Å². The van der Waals surface area contributed by atoms with Gasteiger partial charge < -0.3 is 25.8 Å². The van der Waals surface area contributed by atoms with Gasteiger partial charge in [-0.05, 0) is 56.0 Å². The van der Waals surface area contributed by atoms with Crippen LogP contribution in [0.4, 0.5) is 16.4 Å². The normalized spacial score (nSPS) is 15.6. The van der Waals surface area contributed by atoms with Crippen LogP contribution in [0.3, 0.4) is 0 Å². The molecule has 1 atom stereocenters. The van der Waals surface area contributed by atoms with Crippen molar-refractivity contribution in [3.05, 3.63) is 66.0 Å². The van der Waals surface area contributed by atoms with Gasteiger partial charge in [-0.2, -0.15) is 0 Å². The van der Waals surface area contributed by atoms with Crippen LogP contribution >= 0.6 is 0 Å². The zero-order chi connectivity index (χ0) is 25.2. The van der Waals surface area contributed by atoms with E-state index >= 15 is 0 Å². The van der Waals surface area contributed by atoms with E-state index in [9.17, 15) is 9.90 Å². The maximum Gasteiger partial charge on any atom is 0.407 e. The molecule has 1 amide bonds. The lowest BCUT2D eigenvalue weighted by atomic mass is 10.0. The highest BCUT2D eigenvalue weighted by molar-refractivity contribution is 5.99. The van der Waals surface area contributed by atoms with Gasteiger partial charge in [0.25, 0.3) is 0 Å². The number of aryl methyl sites for hydroxylation is 2. The maximum atomic E-state index is 11.4. The SMILES string of the molecule is Cc1ccc2c(Oc3ncccc3-c3ccnc(N[C@H]4CCCN(C(=O)O)C4)n3)c(C)ccc2c1N. The van der Waals surface area contributed by atoms with E-state index in [1.54, 1.807) is 18.5 Å². The molecule has 4 N–H and O–H groups in total. The van der Waals surface area contributed by atoms with Gasteiger partial charge in [0.15, 0.2) is 0 Å². The van der Waals surface area contributed by atoms with Gasteiger partial charge in [-0.15, -0.1) is 0 Å². The topological polar surface area (TPSA) is 126 Å². The van der Waals surface area contributed by atoms with Gasteiger partial charge in [-0.25, -0.2) is 19.7 Å². The molecule has 0 aliphatic carbocycles. The molecule has 0 bridgehead atoms. The number of nitrogens with two attached hydrogens (primary N) is 1. The zero-order valence-electron chi connectivity index (χ0n) is 20.2. The number of benzene rings is 2. The molecule has 0 radical (unpaired) electrons. The van der Waals surface area contributed by atoms with Crippen molar-refractivity contribution >= 4 is 28.5 Å². The number of nitrogens with one attached hydrogen (secondary N) is 1. The third kappa shape index (κ3) is 4.59. The number of fused-ring (bicyclic) bond motifs is 1. The first kappa shape index (κ1) is 23.3. The number of aromatic nitrogens is 3. The number of ether oxygens (including phenoxy) is 1. The van der Waals surface area contributed by atoms with Crippen LogP contribution in [0.2, 0.25) is 0 Å². The Hall–Kier alpha value is -4.40. The second kappa shape index (κ2) is 9.69. The summed E-state index contributed by atoms with van der Waals surface area (Å²) < 4.78 is 6.41. The average Bonchev–Trinajstić information content (AvgIpc) is 2.88. The smallest absolute Gasteiger partial charge is 0.407 e. The average molecular weight is 485 g/mol. The molecule has 2 aromatic heterocycles. The predicted molar refractivity (Wildman–Crippen MR) is 139 cm³/mol. The van der Waals surface area contributed by atoms with E-state index in [0.29, 0.717) is 36.4 Å². The highest BCUT2D eigenvalue weighted by Crippen LogP contribution is 2.38. The van der Waals surface area contributed by atoms with Crippen molar-refractivity contribution in [1.29, 1.82) is 0 Å². The second-order valence-corrected chi connectivity index (χ2v) is 9.04. The maximum absolute atomic E-state index is 11.4. The lowest BCUT2D eigenvalue weighted by Crippen LogP contribution is -2.44. The minimum atomic E-state index is -0.908. The Morgan fingerprint density at radius 3 is 2.72 bits per heavy atom. The van der Waals surface area contributed by atoms with Crippen LogP contribution in [0, 0.1) is 13.8 Å². The van der Waals surface area contributed by atoms with Gasteiger partial charge in [0.2, 0.25) is 11.8 Å². The third-order valence-electron chi connectivity index (χ3n) is 6.53. The molecule has 0 unspecified atom stereocenters. The molecule has 184 valence electrons. The summed E-state index contributed by atoms with van der Waals surface area (Å²) in [6.07, 6.45) is 4.08. The Morgan fingerprint density at radius 1 is 1.08 bits per heavy atom. The van der Waals surface area contributed by atoms with Crippen molar-refractivity contribution in [2.24, 2.45) is 0 Å². The number of carbonyl (C=O) groups is 1. The van der Waals surface area contributed by atoms with E-state index in [1.807, 2.05) is 50.2 Å². The summed E-state index contributed by atoms with van der Waals surface area (Å²) in [5.41, 5.74) is 10.4. The molecule has 5 rings (SSSR count). The van der Waals surface area contributed by atoms with Gasteiger partial charge in [-0.3, -0.25) is 0 Å². The Balaban J connectivity index is 1.46. The van der Waals surface area contributed by atoms with E-state index in [2.05, 4.69) is 15.3 Å². The summed E-state index contributed by atoms with van der Waals surface area (Å²) in [5, 5.41) is 14.5. The van der Waals surface area contributed by atoms with Crippen LogP contribution < -0.4 is 15.8 Å². The van der Waals surface area contributed by atoms with Gasteiger partial charge in [-0.1, -0.05) is 24.3 Å². The minimum Gasteiger partial charge on any atom is -0.465 e. The molecule has 0 spiro atoms. The number of anilines is 2. The highest BCUT2D eigenvalue weighted by atomic mass is 16.5. The third-order valence-corrected chi connectivity index (χ3v) is 6.53. The van der Waals surface area contributed by atoms with Crippen LogP contribution in [-0.2, 0) is 0 Å². The summed E-state index contributed by atoms with van der Waals surface area (Å²) >= 11 is 0. The molecule has 1 aliphatic rings. The van der Waals surface area contributed by atoms with Gasteiger partial charge in [0.05, 0.1) is 11.3 Å². The van der Waals surface area contributed by atoms with Gasteiger partial charge in [0, 0.05) is 48.0 Å². The first-order chi connectivity index (χ1) is 17.4. The summed E-state index contributed by atoms with van der Waals surface area (Å²) in [4.78, 5) is 26.3. The molecular weight excluding hydrogens is 456 g/mol. The highest BCUT2D eigenvalue weighted by Gasteiger charge is 2.24. The molecule has 0 saturated carbocycles. The fourth-order valence-electron chi connectivity index (χ4n) is 4.55. The van der Waals surface area contributed by atoms with E-state index in [4.69, 9.17) is 15.5 Å². The molecule has 9 heteroatoms. The Bertz CT molecular complexity index is 1440. The minimum absolute atomic E-state index is 0.0537. The van der Waals surface area contributed by atoms with Crippen LogP contribution in [0.15, 0.2) is 54.9 Å². The first-order valence-electron chi connectivity index (χ1n) is 11.9. The molecule has 1 fully saturated rings. The Morgan fingerprint density at radius 2 is 1.89 bits per heavy atom. The van der Waals surface area contributed by atoms with Crippen molar-refractivity contribution < 1.29 is 14.6 Å². The van der Waals surface area contributed by atoms with Crippen molar-refractivity contribution in [1.82, 2.24) is 19.9 Å². The Kier molecular flexibility index (Phi) is 6.28. The van der Waals surface area contributed by atoms with Crippen LogP contribution in [0.5, 0.6) is 11.6 Å². The summed E-state index contributed by atoms with van der Waals surface area (Å²) in [6, 6.07) is 13.5. The number of hydrogen-bond donors (Lipinski definition) is 3. The number of nitrogens with zero attached hydrogens (tertiary/aromatic N) is 4. The fourth-order valence-corrected chi connectivity index (χ4v) is 4.55. The summed E-state index contributed by atoms with van der Waals surface area (Å²) in [7, 11) is 0. The monoisotopic (exact) mass is 484 g/mol. The van der Waals surface area contributed by atoms with Crippen molar-refractivity contribution in [2.75, 3.05) is 24.1 Å². The first-order valence-corrected chi connectivity index (χ1v) is 11.9. The number of rotatable bonds is 5.